The molecule has 28 heavy (non-hydrogen) atoms. The number of nitrogens with zero attached hydrogens (tertiary/aromatic N) is 1. The van der Waals surface area contributed by atoms with Crippen molar-refractivity contribution in [3.8, 4) is 5.69 Å². The van der Waals surface area contributed by atoms with Crippen molar-refractivity contribution in [2.24, 2.45) is 0 Å². The summed E-state index contributed by atoms with van der Waals surface area (Å²) >= 11 is 0. The van der Waals surface area contributed by atoms with Crippen LogP contribution in [-0.4, -0.2) is 24.0 Å². The minimum atomic E-state index is -1.38. The summed E-state index contributed by atoms with van der Waals surface area (Å²) in [6.07, 6.45) is 17.0. The zero-order chi connectivity index (χ0) is 19.6. The van der Waals surface area contributed by atoms with Gasteiger partial charge in [-0.3, -0.25) is 0 Å². The third-order valence-corrected chi connectivity index (χ3v) is 12.4. The molecule has 1 heterocycles. The Hall–Kier alpha value is -0.853. The van der Waals surface area contributed by atoms with Crippen molar-refractivity contribution in [3.05, 3.63) is 42.6 Å². The van der Waals surface area contributed by atoms with E-state index >= 15 is 0 Å². The number of aromatic nitrogens is 1. The van der Waals surface area contributed by atoms with Crippen LogP contribution in [0.3, 0.4) is 0 Å². The van der Waals surface area contributed by atoms with Gasteiger partial charge in [0.1, 0.15) is 0 Å². The molecule has 2 fully saturated rings. The molecule has 0 bridgehead atoms. The molecule has 0 radical (unpaired) electrons. The van der Waals surface area contributed by atoms with E-state index in [2.05, 4.69) is 66.8 Å². The van der Waals surface area contributed by atoms with Crippen LogP contribution in [0.5, 0.6) is 0 Å². The Morgan fingerprint density at radius 1 is 0.750 bits per heavy atom. The van der Waals surface area contributed by atoms with Crippen molar-refractivity contribution in [2.45, 2.75) is 95.2 Å². The van der Waals surface area contributed by atoms with Crippen LogP contribution in [0, 0.1) is 0 Å². The van der Waals surface area contributed by atoms with Crippen LogP contribution >= 0.6 is 7.92 Å². The number of hydrogen-bond donors (Lipinski definition) is 0. The van der Waals surface area contributed by atoms with Crippen molar-refractivity contribution >= 4 is 26.6 Å². The molecular formula is C25H38NPSi. The van der Waals surface area contributed by atoms with Crippen LogP contribution in [0.1, 0.15) is 64.2 Å². The van der Waals surface area contributed by atoms with Crippen LogP contribution in [0.2, 0.25) is 19.6 Å². The predicted molar refractivity (Wildman–Crippen MR) is 129 cm³/mol. The molecule has 0 aliphatic heterocycles. The fourth-order valence-corrected chi connectivity index (χ4v) is 10.9. The van der Waals surface area contributed by atoms with E-state index in [1.807, 2.05) is 0 Å². The molecule has 1 nitrogen and oxygen atoms in total. The van der Waals surface area contributed by atoms with Crippen molar-refractivity contribution in [3.63, 3.8) is 0 Å². The first kappa shape index (κ1) is 20.4. The smallest absolute Gasteiger partial charge is 0.0803 e. The molecular weight excluding hydrogens is 373 g/mol. The average Bonchev–Trinajstić information content (AvgIpc) is 3.18. The lowest BCUT2D eigenvalue weighted by Crippen LogP contribution is -2.41. The molecule has 3 heteroatoms. The van der Waals surface area contributed by atoms with Crippen LogP contribution in [0.4, 0.5) is 0 Å². The summed E-state index contributed by atoms with van der Waals surface area (Å²) in [6.45, 7) is 7.46. The van der Waals surface area contributed by atoms with E-state index in [9.17, 15) is 0 Å². The molecule has 4 rings (SSSR count). The summed E-state index contributed by atoms with van der Waals surface area (Å²) in [4.78, 5) is 0. The third-order valence-electron chi connectivity index (χ3n) is 6.90. The maximum atomic E-state index is 2.63. The SMILES string of the molecule is C[Si](C)(C)c1ccccc1-n1cccc1P(C1CCCCC1)C1CCCCC1. The van der Waals surface area contributed by atoms with Gasteiger partial charge in [-0.15, -0.1) is 0 Å². The Morgan fingerprint density at radius 3 is 1.89 bits per heavy atom. The van der Waals surface area contributed by atoms with Crippen molar-refractivity contribution in [1.82, 2.24) is 4.57 Å². The molecule has 1 aromatic heterocycles. The number of rotatable bonds is 5. The lowest BCUT2D eigenvalue weighted by atomic mass is 9.99. The minimum Gasteiger partial charge on any atom is -0.317 e. The lowest BCUT2D eigenvalue weighted by molar-refractivity contribution is 0.486. The molecule has 0 unspecified atom stereocenters. The normalized spacial score (nSPS) is 20.0. The Bertz CT molecular complexity index is 745. The highest BCUT2D eigenvalue weighted by Gasteiger charge is 2.34. The quantitative estimate of drug-likeness (QED) is 0.377. The van der Waals surface area contributed by atoms with Gasteiger partial charge in [0.15, 0.2) is 0 Å². The molecule has 2 aliphatic rings. The number of benzene rings is 1. The van der Waals surface area contributed by atoms with Crippen molar-refractivity contribution < 1.29 is 0 Å². The third kappa shape index (κ3) is 4.34. The molecule has 0 N–H and O–H groups in total. The highest BCUT2D eigenvalue weighted by molar-refractivity contribution is 7.66. The van der Waals surface area contributed by atoms with Gasteiger partial charge in [-0.25, -0.2) is 0 Å². The first-order valence-electron chi connectivity index (χ1n) is 11.6. The molecule has 152 valence electrons. The fourth-order valence-electron chi connectivity index (χ4n) is 5.49. The monoisotopic (exact) mass is 411 g/mol. The molecule has 0 spiro atoms. The Balaban J connectivity index is 1.76. The second-order valence-electron chi connectivity index (χ2n) is 9.99. The minimum absolute atomic E-state index is 0.0693. The summed E-state index contributed by atoms with van der Waals surface area (Å²) in [7, 11) is -1.45. The second kappa shape index (κ2) is 8.88. The zero-order valence-corrected chi connectivity index (χ0v) is 20.1. The fraction of sp³-hybridized carbons (Fsp3) is 0.600. The second-order valence-corrected chi connectivity index (χ2v) is 17.8. The van der Waals surface area contributed by atoms with Gasteiger partial charge in [0.2, 0.25) is 0 Å². The highest BCUT2D eigenvalue weighted by Crippen LogP contribution is 2.55. The van der Waals surface area contributed by atoms with Crippen LogP contribution < -0.4 is 10.6 Å². The molecule has 1 aromatic carbocycles. The molecule has 2 aliphatic carbocycles. The van der Waals surface area contributed by atoms with Crippen LogP contribution in [0.25, 0.3) is 5.69 Å². The molecule has 2 saturated carbocycles. The summed E-state index contributed by atoms with van der Waals surface area (Å²) in [6, 6.07) is 14.1. The molecule has 0 amide bonds. The molecule has 0 saturated heterocycles. The van der Waals surface area contributed by atoms with E-state index in [0.29, 0.717) is 0 Å². The van der Waals surface area contributed by atoms with E-state index in [0.717, 1.165) is 11.3 Å². The van der Waals surface area contributed by atoms with Crippen molar-refractivity contribution in [2.75, 3.05) is 0 Å². The zero-order valence-electron chi connectivity index (χ0n) is 18.2. The molecule has 0 atom stereocenters. The van der Waals surface area contributed by atoms with Gasteiger partial charge in [-0.2, -0.15) is 0 Å². The summed E-state index contributed by atoms with van der Waals surface area (Å²) in [5, 5.41) is 1.61. The van der Waals surface area contributed by atoms with E-state index in [1.54, 1.807) is 10.6 Å². The summed E-state index contributed by atoms with van der Waals surface area (Å²) < 4.78 is 2.63. The Morgan fingerprint density at radius 2 is 1.32 bits per heavy atom. The summed E-state index contributed by atoms with van der Waals surface area (Å²) in [5.41, 5.74) is 5.07. The molecule has 2 aromatic rings. The maximum absolute atomic E-state index is 2.63. The van der Waals surface area contributed by atoms with E-state index in [-0.39, 0.29) is 7.92 Å². The highest BCUT2D eigenvalue weighted by atomic mass is 31.1. The van der Waals surface area contributed by atoms with Gasteiger partial charge in [0.25, 0.3) is 0 Å². The largest absolute Gasteiger partial charge is 0.317 e. The van der Waals surface area contributed by atoms with Crippen molar-refractivity contribution in [1.29, 1.82) is 0 Å². The maximum Gasteiger partial charge on any atom is 0.0803 e. The number of hydrogen-bond acceptors (Lipinski definition) is 0. The lowest BCUT2D eigenvalue weighted by Gasteiger charge is -2.39. The van der Waals surface area contributed by atoms with Gasteiger partial charge < -0.3 is 4.57 Å². The van der Waals surface area contributed by atoms with E-state index < -0.39 is 8.07 Å². The van der Waals surface area contributed by atoms with Gasteiger partial charge in [-0.1, -0.05) is 84.3 Å². The topological polar surface area (TPSA) is 4.93 Å². The van der Waals surface area contributed by atoms with Gasteiger partial charge in [0.05, 0.1) is 8.07 Å². The van der Waals surface area contributed by atoms with Gasteiger partial charge in [-0.05, 0) is 60.4 Å². The first-order chi connectivity index (χ1) is 13.6. The Labute approximate surface area is 174 Å². The standard InChI is InChI=1S/C25H38NPSi/c1-28(2,3)24-18-11-10-17-23(24)26-20-12-19-25(26)27(21-13-6-4-7-14-21)22-15-8-5-9-16-22/h10-12,17-22H,4-9,13-16H2,1-3H3. The van der Waals surface area contributed by atoms with Gasteiger partial charge >= 0.3 is 0 Å². The average molecular weight is 412 g/mol. The van der Waals surface area contributed by atoms with Crippen LogP contribution in [0.15, 0.2) is 42.6 Å². The summed E-state index contributed by atoms with van der Waals surface area (Å²) in [5.74, 6) is 0. The predicted octanol–water partition coefficient (Wildman–Crippen LogP) is 6.80. The van der Waals surface area contributed by atoms with Crippen LogP contribution in [-0.2, 0) is 0 Å². The van der Waals surface area contributed by atoms with E-state index in [4.69, 9.17) is 0 Å². The Kier molecular flexibility index (Phi) is 6.48. The van der Waals surface area contributed by atoms with E-state index in [1.165, 1.54) is 69.9 Å². The first-order valence-corrected chi connectivity index (χ1v) is 16.6. The van der Waals surface area contributed by atoms with Gasteiger partial charge in [0, 0.05) is 17.3 Å². The number of para-hydroxylation sites is 1.